The van der Waals surface area contributed by atoms with Crippen LogP contribution in [0.2, 0.25) is 0 Å². The molecule has 0 saturated carbocycles. The second-order valence-corrected chi connectivity index (χ2v) is 5.64. The standard InChI is InChI=1S/C18H22N2O3/c1-14-15-6-5-10-19(15)11-12-20(14)18(21)9-13-23-17-8-4-3-7-16(17)22-2/h3-8,10,14H,9,11-13H2,1-2H3/t14-/m0/s1. The molecule has 3 rings (SSSR count). The molecule has 1 aliphatic rings. The zero-order valence-electron chi connectivity index (χ0n) is 13.6. The van der Waals surface area contributed by atoms with Gasteiger partial charge in [0.15, 0.2) is 11.5 Å². The van der Waals surface area contributed by atoms with E-state index in [0.29, 0.717) is 24.5 Å². The fraction of sp³-hybridized carbons (Fsp3) is 0.389. The number of aromatic nitrogens is 1. The lowest BCUT2D eigenvalue weighted by molar-refractivity contribution is -0.134. The second kappa shape index (κ2) is 6.77. The lowest BCUT2D eigenvalue weighted by atomic mass is 10.1. The van der Waals surface area contributed by atoms with Crippen molar-refractivity contribution in [2.45, 2.75) is 25.9 Å². The van der Waals surface area contributed by atoms with Gasteiger partial charge in [-0.05, 0) is 31.2 Å². The lowest BCUT2D eigenvalue weighted by Crippen LogP contribution is -2.41. The Morgan fingerprint density at radius 3 is 2.74 bits per heavy atom. The molecule has 1 amide bonds. The lowest BCUT2D eigenvalue weighted by Gasteiger charge is -2.35. The summed E-state index contributed by atoms with van der Waals surface area (Å²) in [5.74, 6) is 1.48. The van der Waals surface area contributed by atoms with Crippen molar-refractivity contribution >= 4 is 5.91 Å². The Hall–Kier alpha value is -2.43. The van der Waals surface area contributed by atoms with E-state index in [1.165, 1.54) is 5.69 Å². The number of ether oxygens (including phenoxy) is 2. The first-order chi connectivity index (χ1) is 11.2. The van der Waals surface area contributed by atoms with Gasteiger partial charge in [0.25, 0.3) is 0 Å². The summed E-state index contributed by atoms with van der Waals surface area (Å²) < 4.78 is 13.2. The Kier molecular flexibility index (Phi) is 4.55. The number of hydrogen-bond acceptors (Lipinski definition) is 3. The Morgan fingerprint density at radius 1 is 1.17 bits per heavy atom. The Balaban J connectivity index is 1.56. The second-order valence-electron chi connectivity index (χ2n) is 5.64. The van der Waals surface area contributed by atoms with Crippen LogP contribution < -0.4 is 9.47 Å². The van der Waals surface area contributed by atoms with Crippen LogP contribution in [0.5, 0.6) is 11.5 Å². The SMILES string of the molecule is COc1ccccc1OCCC(=O)N1CCn2cccc2[C@@H]1C. The predicted molar refractivity (Wildman–Crippen MR) is 87.7 cm³/mol. The number of carbonyl (C=O) groups is 1. The fourth-order valence-electron chi connectivity index (χ4n) is 3.05. The minimum atomic E-state index is 0.109. The van der Waals surface area contributed by atoms with E-state index in [1.807, 2.05) is 35.2 Å². The van der Waals surface area contributed by atoms with Crippen molar-refractivity contribution in [3.05, 3.63) is 48.3 Å². The summed E-state index contributed by atoms with van der Waals surface area (Å²) in [7, 11) is 1.61. The van der Waals surface area contributed by atoms with Crippen LogP contribution in [-0.4, -0.2) is 35.6 Å². The number of nitrogens with zero attached hydrogens (tertiary/aromatic N) is 2. The zero-order chi connectivity index (χ0) is 16.2. The molecule has 5 heteroatoms. The smallest absolute Gasteiger partial charge is 0.226 e. The molecule has 1 aromatic carbocycles. The summed E-state index contributed by atoms with van der Waals surface area (Å²) in [6.07, 6.45) is 2.43. The van der Waals surface area contributed by atoms with Crippen molar-refractivity contribution in [2.75, 3.05) is 20.3 Å². The average Bonchev–Trinajstić information content (AvgIpc) is 3.05. The quantitative estimate of drug-likeness (QED) is 0.852. The van der Waals surface area contributed by atoms with E-state index in [1.54, 1.807) is 7.11 Å². The van der Waals surface area contributed by atoms with Crippen LogP contribution in [0.3, 0.4) is 0 Å². The van der Waals surface area contributed by atoms with Crippen molar-refractivity contribution in [1.82, 2.24) is 9.47 Å². The first-order valence-corrected chi connectivity index (χ1v) is 7.91. The van der Waals surface area contributed by atoms with Gasteiger partial charge in [0.2, 0.25) is 5.91 Å². The highest BCUT2D eigenvalue weighted by Gasteiger charge is 2.26. The van der Waals surface area contributed by atoms with Gasteiger partial charge >= 0.3 is 0 Å². The van der Waals surface area contributed by atoms with E-state index >= 15 is 0 Å². The number of para-hydroxylation sites is 2. The van der Waals surface area contributed by atoms with Gasteiger partial charge in [0.1, 0.15) is 0 Å². The molecular weight excluding hydrogens is 292 g/mol. The molecule has 5 nitrogen and oxygen atoms in total. The van der Waals surface area contributed by atoms with Crippen molar-refractivity contribution in [3.8, 4) is 11.5 Å². The third kappa shape index (κ3) is 3.18. The molecule has 122 valence electrons. The number of amides is 1. The molecule has 0 N–H and O–H groups in total. The summed E-state index contributed by atoms with van der Waals surface area (Å²) in [4.78, 5) is 14.4. The number of carbonyl (C=O) groups excluding carboxylic acids is 1. The summed E-state index contributed by atoms with van der Waals surface area (Å²) in [6, 6.07) is 11.7. The highest BCUT2D eigenvalue weighted by Crippen LogP contribution is 2.27. The largest absolute Gasteiger partial charge is 0.493 e. The molecule has 2 heterocycles. The molecule has 0 radical (unpaired) electrons. The molecular formula is C18H22N2O3. The number of hydrogen-bond donors (Lipinski definition) is 0. The van der Waals surface area contributed by atoms with Crippen LogP contribution in [0, 0.1) is 0 Å². The molecule has 1 atom stereocenters. The summed E-state index contributed by atoms with van der Waals surface area (Å²) in [6.45, 7) is 4.02. The van der Waals surface area contributed by atoms with E-state index in [-0.39, 0.29) is 11.9 Å². The van der Waals surface area contributed by atoms with Crippen LogP contribution in [-0.2, 0) is 11.3 Å². The van der Waals surface area contributed by atoms with E-state index in [4.69, 9.17) is 9.47 Å². The topological polar surface area (TPSA) is 43.7 Å². The Labute approximate surface area is 136 Å². The van der Waals surface area contributed by atoms with Gasteiger partial charge in [-0.3, -0.25) is 4.79 Å². The van der Waals surface area contributed by atoms with E-state index in [0.717, 1.165) is 13.1 Å². The molecule has 23 heavy (non-hydrogen) atoms. The molecule has 1 aromatic heterocycles. The predicted octanol–water partition coefficient (Wildman–Crippen LogP) is 2.87. The fourth-order valence-corrected chi connectivity index (χ4v) is 3.05. The van der Waals surface area contributed by atoms with Crippen LogP contribution in [0.15, 0.2) is 42.6 Å². The van der Waals surface area contributed by atoms with Gasteiger partial charge < -0.3 is 18.9 Å². The normalized spacial score (nSPS) is 16.8. The molecule has 0 unspecified atom stereocenters. The van der Waals surface area contributed by atoms with E-state index in [9.17, 15) is 4.79 Å². The monoisotopic (exact) mass is 314 g/mol. The Bertz CT molecular complexity index is 680. The van der Waals surface area contributed by atoms with Crippen molar-refractivity contribution < 1.29 is 14.3 Å². The maximum Gasteiger partial charge on any atom is 0.226 e. The van der Waals surface area contributed by atoms with Crippen molar-refractivity contribution in [1.29, 1.82) is 0 Å². The van der Waals surface area contributed by atoms with Gasteiger partial charge in [-0.25, -0.2) is 0 Å². The minimum Gasteiger partial charge on any atom is -0.493 e. The molecule has 0 aliphatic carbocycles. The van der Waals surface area contributed by atoms with Gasteiger partial charge in [0.05, 0.1) is 26.2 Å². The third-order valence-corrected chi connectivity index (χ3v) is 4.30. The first kappa shape index (κ1) is 15.5. The van der Waals surface area contributed by atoms with Gasteiger partial charge in [-0.15, -0.1) is 0 Å². The first-order valence-electron chi connectivity index (χ1n) is 7.91. The highest BCUT2D eigenvalue weighted by molar-refractivity contribution is 5.77. The maximum absolute atomic E-state index is 12.5. The Morgan fingerprint density at radius 2 is 1.96 bits per heavy atom. The van der Waals surface area contributed by atoms with E-state index < -0.39 is 0 Å². The summed E-state index contributed by atoms with van der Waals surface area (Å²) >= 11 is 0. The van der Waals surface area contributed by atoms with E-state index in [2.05, 4.69) is 23.8 Å². The average molecular weight is 314 g/mol. The molecule has 0 saturated heterocycles. The number of rotatable bonds is 5. The van der Waals surface area contributed by atoms with Crippen LogP contribution >= 0.6 is 0 Å². The molecule has 0 spiro atoms. The van der Waals surface area contributed by atoms with Crippen LogP contribution in [0.1, 0.15) is 25.1 Å². The van der Waals surface area contributed by atoms with Crippen LogP contribution in [0.4, 0.5) is 0 Å². The molecule has 1 aliphatic heterocycles. The molecule has 2 aromatic rings. The number of benzene rings is 1. The third-order valence-electron chi connectivity index (χ3n) is 4.30. The van der Waals surface area contributed by atoms with Gasteiger partial charge in [-0.2, -0.15) is 0 Å². The summed E-state index contributed by atoms with van der Waals surface area (Å²) in [5.41, 5.74) is 1.19. The van der Waals surface area contributed by atoms with Gasteiger partial charge in [-0.1, -0.05) is 12.1 Å². The number of methoxy groups -OCH3 is 1. The zero-order valence-corrected chi connectivity index (χ0v) is 13.6. The minimum absolute atomic E-state index is 0.109. The van der Waals surface area contributed by atoms with Crippen LogP contribution in [0.25, 0.3) is 0 Å². The number of fused-ring (bicyclic) bond motifs is 1. The maximum atomic E-state index is 12.5. The summed E-state index contributed by atoms with van der Waals surface area (Å²) in [5, 5.41) is 0. The van der Waals surface area contributed by atoms with Crippen molar-refractivity contribution in [2.24, 2.45) is 0 Å². The molecule has 0 bridgehead atoms. The van der Waals surface area contributed by atoms with Crippen molar-refractivity contribution in [3.63, 3.8) is 0 Å². The van der Waals surface area contributed by atoms with Gasteiger partial charge in [0, 0.05) is 25.0 Å². The molecule has 0 fully saturated rings. The highest BCUT2D eigenvalue weighted by atomic mass is 16.5.